The first-order valence-corrected chi connectivity index (χ1v) is 14.1. The summed E-state index contributed by atoms with van der Waals surface area (Å²) in [6.45, 7) is 7.82. The molecule has 7 heteroatoms. The van der Waals surface area contributed by atoms with Crippen molar-refractivity contribution in [1.82, 2.24) is 15.2 Å². The molecule has 3 atom stereocenters. The van der Waals surface area contributed by atoms with E-state index in [1.807, 2.05) is 54.4 Å². The van der Waals surface area contributed by atoms with Crippen LogP contribution in [0.15, 0.2) is 48.7 Å². The first-order chi connectivity index (χ1) is 18.1. The molecule has 1 aliphatic rings. The lowest BCUT2D eigenvalue weighted by molar-refractivity contribution is -0.128. The third-order valence-electron chi connectivity index (χ3n) is 7.55. The summed E-state index contributed by atoms with van der Waals surface area (Å²) in [5.74, 6) is 0.431. The summed E-state index contributed by atoms with van der Waals surface area (Å²) in [4.78, 5) is 34.9. The molecule has 2 amide bonds. The van der Waals surface area contributed by atoms with Crippen molar-refractivity contribution in [3.8, 4) is 0 Å². The van der Waals surface area contributed by atoms with E-state index in [2.05, 4.69) is 49.2 Å². The second-order valence-electron chi connectivity index (χ2n) is 11.5. The van der Waals surface area contributed by atoms with Gasteiger partial charge in [0.2, 0.25) is 11.8 Å². The number of carbonyl (C=O) groups is 2. The Hall–Kier alpha value is -2.83. The zero-order chi connectivity index (χ0) is 27.4. The minimum absolute atomic E-state index is 0.0751. The largest absolute Gasteiger partial charge is 0.361 e. The van der Waals surface area contributed by atoms with E-state index in [-0.39, 0.29) is 23.7 Å². The molecule has 2 N–H and O–H groups in total. The fourth-order valence-corrected chi connectivity index (χ4v) is 5.89. The van der Waals surface area contributed by atoms with Gasteiger partial charge in [0.05, 0.1) is 0 Å². The number of para-hydroxylation sites is 1. The second kappa shape index (κ2) is 12.4. The van der Waals surface area contributed by atoms with Gasteiger partial charge in [0.1, 0.15) is 6.04 Å². The maximum Gasteiger partial charge on any atom is 0.250 e. The highest BCUT2D eigenvalue weighted by atomic mass is 35.5. The average molecular weight is 537 g/mol. The normalized spacial score (nSPS) is 17.1. The van der Waals surface area contributed by atoms with E-state index in [4.69, 9.17) is 11.6 Å². The van der Waals surface area contributed by atoms with Gasteiger partial charge in [-0.15, -0.1) is 0 Å². The van der Waals surface area contributed by atoms with Crippen LogP contribution in [0.3, 0.4) is 0 Å². The predicted molar refractivity (Wildman–Crippen MR) is 157 cm³/mol. The molecule has 3 aromatic rings. The number of aromatic nitrogens is 1. The Balaban J connectivity index is 1.68. The lowest BCUT2D eigenvalue weighted by Crippen LogP contribution is -2.54. The van der Waals surface area contributed by atoms with Gasteiger partial charge in [-0.2, -0.15) is 0 Å². The highest BCUT2D eigenvalue weighted by Crippen LogP contribution is 2.35. The maximum absolute atomic E-state index is 14.4. The highest BCUT2D eigenvalue weighted by Gasteiger charge is 2.37. The van der Waals surface area contributed by atoms with E-state index in [0.717, 1.165) is 53.5 Å². The lowest BCUT2D eigenvalue weighted by Gasteiger charge is -2.38. The summed E-state index contributed by atoms with van der Waals surface area (Å²) in [6.07, 6.45) is 5.04. The smallest absolute Gasteiger partial charge is 0.250 e. The van der Waals surface area contributed by atoms with Gasteiger partial charge in [-0.05, 0) is 74.2 Å². The molecular weight excluding hydrogens is 496 g/mol. The summed E-state index contributed by atoms with van der Waals surface area (Å²) in [6, 6.07) is 13.2. The molecule has 0 saturated carbocycles. The molecule has 38 heavy (non-hydrogen) atoms. The standard InChI is InChI=1S/C31H41ClN4O2/c1-20(2)9-8-12-29(37)34-30(21(3)26-17-33-27-11-7-6-10-25(26)27)31(38)36-19-22(18-35(4)5)15-23-16-24(32)13-14-28(23)36/h6-7,10-11,13-14,16-17,20-22,30,33H,8-9,12,15,18-19H2,1-5H3,(H,34,37)/t21?,22-,30?/m1/s1. The van der Waals surface area contributed by atoms with E-state index in [1.54, 1.807) is 0 Å². The Labute approximate surface area is 231 Å². The topological polar surface area (TPSA) is 68.4 Å². The number of aromatic amines is 1. The van der Waals surface area contributed by atoms with Gasteiger partial charge >= 0.3 is 0 Å². The molecule has 1 aromatic heterocycles. The zero-order valence-electron chi connectivity index (χ0n) is 23.3. The van der Waals surface area contributed by atoms with Gasteiger partial charge < -0.3 is 20.1 Å². The number of fused-ring (bicyclic) bond motifs is 2. The van der Waals surface area contributed by atoms with E-state index in [9.17, 15) is 9.59 Å². The number of benzene rings is 2. The van der Waals surface area contributed by atoms with Crippen LogP contribution in [0.4, 0.5) is 5.69 Å². The molecule has 2 unspecified atom stereocenters. The third kappa shape index (κ3) is 6.59. The number of H-pyrrole nitrogens is 1. The van der Waals surface area contributed by atoms with Crippen molar-refractivity contribution in [1.29, 1.82) is 0 Å². The Morgan fingerprint density at radius 2 is 1.92 bits per heavy atom. The summed E-state index contributed by atoms with van der Waals surface area (Å²) >= 11 is 6.36. The van der Waals surface area contributed by atoms with Crippen LogP contribution in [0, 0.1) is 11.8 Å². The van der Waals surface area contributed by atoms with Crippen LogP contribution < -0.4 is 10.2 Å². The fourth-order valence-electron chi connectivity index (χ4n) is 5.70. The molecule has 2 aromatic carbocycles. The zero-order valence-corrected chi connectivity index (χ0v) is 24.0. The molecule has 0 spiro atoms. The second-order valence-corrected chi connectivity index (χ2v) is 11.9. The van der Waals surface area contributed by atoms with E-state index in [0.29, 0.717) is 23.9 Å². The molecule has 0 saturated heterocycles. The van der Waals surface area contributed by atoms with Crippen LogP contribution >= 0.6 is 11.6 Å². The molecule has 6 nitrogen and oxygen atoms in total. The molecule has 0 fully saturated rings. The molecule has 0 bridgehead atoms. The number of hydrogen-bond acceptors (Lipinski definition) is 3. The molecule has 2 heterocycles. The van der Waals surface area contributed by atoms with Gasteiger partial charge in [-0.1, -0.05) is 57.0 Å². The molecule has 204 valence electrons. The van der Waals surface area contributed by atoms with E-state index < -0.39 is 6.04 Å². The first-order valence-electron chi connectivity index (χ1n) is 13.7. The maximum atomic E-state index is 14.4. The van der Waals surface area contributed by atoms with Gasteiger partial charge in [0.25, 0.3) is 0 Å². The molecular formula is C31H41ClN4O2. The van der Waals surface area contributed by atoms with Crippen molar-refractivity contribution in [2.45, 2.75) is 58.4 Å². The third-order valence-corrected chi connectivity index (χ3v) is 7.79. The van der Waals surface area contributed by atoms with Crippen molar-refractivity contribution < 1.29 is 9.59 Å². The minimum Gasteiger partial charge on any atom is -0.361 e. The Morgan fingerprint density at radius 1 is 1.16 bits per heavy atom. The summed E-state index contributed by atoms with van der Waals surface area (Å²) in [5, 5.41) is 4.90. The molecule has 4 rings (SSSR count). The van der Waals surface area contributed by atoms with Crippen molar-refractivity contribution in [3.63, 3.8) is 0 Å². The number of hydrogen-bond donors (Lipinski definition) is 2. The number of nitrogens with one attached hydrogen (secondary N) is 2. The number of nitrogens with zero attached hydrogens (tertiary/aromatic N) is 2. The minimum atomic E-state index is -0.692. The summed E-state index contributed by atoms with van der Waals surface area (Å²) in [5.41, 5.74) is 4.01. The Morgan fingerprint density at radius 3 is 2.66 bits per heavy atom. The number of amides is 2. The number of rotatable bonds is 10. The van der Waals surface area contributed by atoms with Gasteiger partial charge in [0.15, 0.2) is 0 Å². The summed E-state index contributed by atoms with van der Waals surface area (Å²) < 4.78 is 0. The van der Waals surface area contributed by atoms with Gasteiger partial charge in [-0.25, -0.2) is 0 Å². The van der Waals surface area contributed by atoms with E-state index in [1.165, 1.54) is 0 Å². The fraction of sp³-hybridized carbons (Fsp3) is 0.484. The van der Waals surface area contributed by atoms with Crippen LogP contribution in [-0.2, 0) is 16.0 Å². The number of carbonyl (C=O) groups excluding carboxylic acids is 2. The van der Waals surface area contributed by atoms with Crippen molar-refractivity contribution >= 4 is 40.0 Å². The number of anilines is 1. The molecule has 1 aliphatic heterocycles. The Bertz CT molecular complexity index is 1270. The highest BCUT2D eigenvalue weighted by molar-refractivity contribution is 6.30. The van der Waals surface area contributed by atoms with Crippen LogP contribution in [-0.4, -0.2) is 54.9 Å². The van der Waals surface area contributed by atoms with Crippen molar-refractivity contribution in [2.24, 2.45) is 11.8 Å². The van der Waals surface area contributed by atoms with Crippen LogP contribution in [0.2, 0.25) is 5.02 Å². The van der Waals surface area contributed by atoms with Crippen molar-refractivity contribution in [3.05, 3.63) is 64.8 Å². The first kappa shape index (κ1) is 28.2. The van der Waals surface area contributed by atoms with Crippen molar-refractivity contribution in [2.75, 3.05) is 32.1 Å². The Kier molecular flexibility index (Phi) is 9.16. The molecule has 0 aliphatic carbocycles. The van der Waals surface area contributed by atoms with E-state index >= 15 is 0 Å². The lowest BCUT2D eigenvalue weighted by atomic mass is 9.88. The molecule has 0 radical (unpaired) electrons. The average Bonchev–Trinajstić information content (AvgIpc) is 3.29. The monoisotopic (exact) mass is 536 g/mol. The quantitative estimate of drug-likeness (QED) is 0.334. The number of halogens is 1. The predicted octanol–water partition coefficient (Wildman–Crippen LogP) is 6.00. The van der Waals surface area contributed by atoms with Crippen LogP contribution in [0.5, 0.6) is 0 Å². The van der Waals surface area contributed by atoms with Crippen LogP contribution in [0.1, 0.15) is 57.1 Å². The van der Waals surface area contributed by atoms with Gasteiger partial charge in [-0.3, -0.25) is 9.59 Å². The van der Waals surface area contributed by atoms with Gasteiger partial charge in [0, 0.05) is 53.2 Å². The SMILES string of the molecule is CC(C)CCCC(=O)NC(C(=O)N1C[C@@H](CN(C)C)Cc2cc(Cl)ccc21)C(C)c1c[nH]c2ccccc12. The van der Waals surface area contributed by atoms with Crippen LogP contribution in [0.25, 0.3) is 10.9 Å². The summed E-state index contributed by atoms with van der Waals surface area (Å²) in [7, 11) is 4.11.